The van der Waals surface area contributed by atoms with E-state index >= 15 is 0 Å². The molecule has 11 heteroatoms. The van der Waals surface area contributed by atoms with Crippen LogP contribution in [0.3, 0.4) is 0 Å². The third-order valence-corrected chi connectivity index (χ3v) is 8.02. The van der Waals surface area contributed by atoms with Gasteiger partial charge in [0.1, 0.15) is 5.25 Å². The highest BCUT2D eigenvalue weighted by molar-refractivity contribution is 8.28. The van der Waals surface area contributed by atoms with Crippen LogP contribution < -0.4 is 5.32 Å². The van der Waals surface area contributed by atoms with Gasteiger partial charge in [-0.15, -0.1) is 0 Å². The first kappa shape index (κ1) is 20.4. The summed E-state index contributed by atoms with van der Waals surface area (Å²) in [5.74, 6) is 3.20. The Labute approximate surface area is 171 Å². The molecule has 1 fully saturated rings. The summed E-state index contributed by atoms with van der Waals surface area (Å²) in [5.41, 5.74) is -0.482. The first-order valence-electron chi connectivity index (χ1n) is 8.42. The molecular weight excluding hydrogens is 441 g/mol. The zero-order valence-corrected chi connectivity index (χ0v) is 16.6. The Morgan fingerprint density at radius 3 is 2.40 bits per heavy atom. The molecule has 2 heterocycles. The van der Waals surface area contributed by atoms with Crippen LogP contribution in [0.15, 0.2) is 59.6 Å². The van der Waals surface area contributed by atoms with Crippen LogP contribution in [0.4, 0.5) is 18.0 Å². The van der Waals surface area contributed by atoms with Crippen LogP contribution in [0.25, 0.3) is 10.9 Å². The van der Waals surface area contributed by atoms with Crippen molar-refractivity contribution in [3.05, 3.63) is 65.9 Å². The number of nitrogens with zero attached hydrogens (tertiary/aromatic N) is 1. The monoisotopic (exact) mass is 454 g/mol. The van der Waals surface area contributed by atoms with Gasteiger partial charge in [-0.3, -0.25) is 14.9 Å². The van der Waals surface area contributed by atoms with Crippen LogP contribution in [0.2, 0.25) is 0 Å². The second-order valence-electron chi connectivity index (χ2n) is 6.51. The maximum atomic E-state index is 13.1. The van der Waals surface area contributed by atoms with Crippen LogP contribution in [-0.4, -0.2) is 29.4 Å². The molecule has 0 aliphatic carbocycles. The molecule has 0 saturated carbocycles. The lowest BCUT2D eigenvalue weighted by Gasteiger charge is -2.13. The predicted octanol–water partition coefficient (Wildman–Crippen LogP) is 3.89. The van der Waals surface area contributed by atoms with Gasteiger partial charge in [0.2, 0.25) is 5.91 Å². The summed E-state index contributed by atoms with van der Waals surface area (Å²) in [5, 5.41) is 1.23. The van der Waals surface area contributed by atoms with Crippen molar-refractivity contribution in [2.45, 2.75) is 16.3 Å². The van der Waals surface area contributed by atoms with Gasteiger partial charge in [-0.25, -0.2) is 12.4 Å². The largest absolute Gasteiger partial charge is 0.416 e. The van der Waals surface area contributed by atoms with Crippen molar-refractivity contribution in [2.24, 2.45) is 0 Å². The zero-order valence-electron chi connectivity index (χ0n) is 15.0. The first-order valence-corrected chi connectivity index (χ1v) is 11.3. The molecule has 1 aliphatic rings. The molecule has 0 bridgehead atoms. The number of carbonyl (C=O) groups excluding carboxylic acids is 2. The van der Waals surface area contributed by atoms with E-state index < -0.39 is 53.5 Å². The van der Waals surface area contributed by atoms with Crippen LogP contribution in [0.1, 0.15) is 16.4 Å². The lowest BCUT2D eigenvalue weighted by molar-refractivity contribution is -0.137. The number of carbonyl (C=O) groups is 2. The van der Waals surface area contributed by atoms with Gasteiger partial charge in [0, 0.05) is 11.6 Å². The van der Waals surface area contributed by atoms with Crippen molar-refractivity contribution in [1.82, 2.24) is 9.29 Å². The molecule has 1 aromatic heterocycles. The standard InChI is InChI=1S/C19H13F3N2O4S2/c1-29-16(17(25)23-18(29)26)14-6-3-7-15-13(14)8-9-24(15)30(27,28)12-5-2-4-11(10-12)19(20,21)22/h2-10,16H,1H2,(H,23,25,26). The highest BCUT2D eigenvalue weighted by atomic mass is 32.2. The summed E-state index contributed by atoms with van der Waals surface area (Å²) in [6.45, 7) is 0. The third kappa shape index (κ3) is 3.14. The lowest BCUT2D eigenvalue weighted by atomic mass is 10.1. The number of imide groups is 1. The Hall–Kier alpha value is -2.92. The summed E-state index contributed by atoms with van der Waals surface area (Å²) in [4.78, 5) is 23.5. The first-order chi connectivity index (χ1) is 14.0. The highest BCUT2D eigenvalue weighted by Crippen LogP contribution is 2.42. The fourth-order valence-corrected chi connectivity index (χ4v) is 5.98. The quantitative estimate of drug-likeness (QED) is 0.609. The topological polar surface area (TPSA) is 85.2 Å². The molecule has 2 amide bonds. The maximum absolute atomic E-state index is 13.1. The maximum Gasteiger partial charge on any atom is 0.416 e. The summed E-state index contributed by atoms with van der Waals surface area (Å²) in [6, 6.07) is 9.49. The molecule has 1 N–H and O–H groups in total. The van der Waals surface area contributed by atoms with Gasteiger partial charge in [-0.1, -0.05) is 34.6 Å². The van der Waals surface area contributed by atoms with Crippen molar-refractivity contribution < 1.29 is 31.2 Å². The second kappa shape index (κ2) is 6.81. The molecule has 2 atom stereocenters. The van der Waals surface area contributed by atoms with E-state index in [0.29, 0.717) is 17.0 Å². The van der Waals surface area contributed by atoms with E-state index in [2.05, 4.69) is 11.2 Å². The van der Waals surface area contributed by atoms with Gasteiger partial charge in [0.25, 0.3) is 15.3 Å². The smallest absolute Gasteiger partial charge is 0.286 e. The number of rotatable bonds is 3. The lowest BCUT2D eigenvalue weighted by Crippen LogP contribution is -2.20. The fourth-order valence-electron chi connectivity index (χ4n) is 3.31. The Kier molecular flexibility index (Phi) is 4.62. The predicted molar refractivity (Wildman–Crippen MR) is 107 cm³/mol. The van der Waals surface area contributed by atoms with Crippen molar-refractivity contribution in [1.29, 1.82) is 0 Å². The Morgan fingerprint density at radius 1 is 1.07 bits per heavy atom. The molecule has 30 heavy (non-hydrogen) atoms. The molecule has 0 spiro atoms. The second-order valence-corrected chi connectivity index (χ2v) is 10.0. The molecule has 6 nitrogen and oxygen atoms in total. The van der Waals surface area contributed by atoms with Gasteiger partial charge in [-0.2, -0.15) is 13.2 Å². The number of benzene rings is 2. The van der Waals surface area contributed by atoms with Crippen LogP contribution in [-0.2, 0) is 21.0 Å². The molecule has 4 rings (SSSR count). The minimum Gasteiger partial charge on any atom is -0.286 e. The average molecular weight is 454 g/mol. The number of hydrogen-bond donors (Lipinski definition) is 1. The summed E-state index contributed by atoms with van der Waals surface area (Å²) in [7, 11) is -5.53. The summed E-state index contributed by atoms with van der Waals surface area (Å²) >= 11 is 0. The van der Waals surface area contributed by atoms with E-state index in [1.807, 2.05) is 0 Å². The number of hydrogen-bond acceptors (Lipinski definition) is 4. The van der Waals surface area contributed by atoms with E-state index in [1.54, 1.807) is 6.07 Å². The Balaban J connectivity index is 1.87. The van der Waals surface area contributed by atoms with Gasteiger partial charge in [-0.05, 0) is 35.9 Å². The zero-order chi connectivity index (χ0) is 21.8. The average Bonchev–Trinajstić information content (AvgIpc) is 3.23. The minimum atomic E-state index is -4.69. The third-order valence-electron chi connectivity index (χ3n) is 4.72. The van der Waals surface area contributed by atoms with Crippen molar-refractivity contribution in [3.63, 3.8) is 0 Å². The van der Waals surface area contributed by atoms with Crippen LogP contribution in [0, 0.1) is 0 Å². The molecule has 3 aromatic rings. The van der Waals surface area contributed by atoms with Crippen LogP contribution in [0.5, 0.6) is 0 Å². The van der Waals surface area contributed by atoms with E-state index in [4.69, 9.17) is 0 Å². The van der Waals surface area contributed by atoms with E-state index in [9.17, 15) is 31.2 Å². The Bertz CT molecular complexity index is 1340. The number of alkyl halides is 3. The number of halogens is 3. The van der Waals surface area contributed by atoms with Gasteiger partial charge in [0.05, 0.1) is 16.0 Å². The molecule has 1 aliphatic heterocycles. The van der Waals surface area contributed by atoms with Gasteiger partial charge in [0.15, 0.2) is 0 Å². The summed E-state index contributed by atoms with van der Waals surface area (Å²) < 4.78 is 66.0. The highest BCUT2D eigenvalue weighted by Gasteiger charge is 2.37. The normalized spacial score (nSPS) is 20.0. The molecule has 1 saturated heterocycles. The SMILES string of the molecule is C=S1C(=O)NC(=O)C1c1cccc2c1ccn2S(=O)(=O)c1cccc(C(F)(F)F)c1. The molecule has 0 radical (unpaired) electrons. The van der Waals surface area contributed by atoms with E-state index in [1.165, 1.54) is 24.4 Å². The molecule has 156 valence electrons. The van der Waals surface area contributed by atoms with E-state index in [0.717, 1.165) is 22.2 Å². The van der Waals surface area contributed by atoms with Crippen molar-refractivity contribution in [3.8, 4) is 0 Å². The van der Waals surface area contributed by atoms with Gasteiger partial charge < -0.3 is 0 Å². The minimum absolute atomic E-state index is 0.175. The van der Waals surface area contributed by atoms with Crippen molar-refractivity contribution >= 4 is 48.4 Å². The van der Waals surface area contributed by atoms with E-state index in [-0.39, 0.29) is 5.52 Å². The molecule has 2 aromatic carbocycles. The number of fused-ring (bicyclic) bond motifs is 1. The summed E-state index contributed by atoms with van der Waals surface area (Å²) in [6.07, 6.45) is -3.48. The molecular formula is C19H13F3N2O4S2. The van der Waals surface area contributed by atoms with Gasteiger partial charge >= 0.3 is 6.18 Å². The van der Waals surface area contributed by atoms with Crippen LogP contribution >= 0.6 is 10.5 Å². The number of amides is 2. The number of nitrogens with one attached hydrogen (secondary N) is 1. The number of aromatic nitrogens is 1. The Morgan fingerprint density at radius 2 is 1.77 bits per heavy atom. The molecule has 2 unspecified atom stereocenters. The fraction of sp³-hybridized carbons (Fsp3) is 0.105. The van der Waals surface area contributed by atoms with Crippen molar-refractivity contribution in [2.75, 3.05) is 0 Å².